The lowest BCUT2D eigenvalue weighted by molar-refractivity contribution is -0.0761. The molecule has 0 heterocycles. The summed E-state index contributed by atoms with van der Waals surface area (Å²) in [7, 11) is 0. The van der Waals surface area contributed by atoms with Crippen LogP contribution >= 0.6 is 15.9 Å². The third-order valence-electron chi connectivity index (χ3n) is 8.08. The van der Waals surface area contributed by atoms with Gasteiger partial charge in [0, 0.05) is 5.33 Å². The molecule has 0 amide bonds. The highest BCUT2D eigenvalue weighted by Crippen LogP contribution is 2.66. The Kier molecular flexibility index (Phi) is 3.55. The Morgan fingerprint density at radius 1 is 0.952 bits per heavy atom. The van der Waals surface area contributed by atoms with E-state index >= 15 is 0 Å². The van der Waals surface area contributed by atoms with Gasteiger partial charge < -0.3 is 5.11 Å². The standard InChI is InChI=1S/C19H31BrO/c1-18(2)8-5-12-13-6-9-19(21)11-17(19)15(13)4-3-14(12)16(18)7-10-20/h12-17,21H,3-11H2,1-2H3/t12-,13-,14-,15-,16+,17?,19+/m1/s1. The second kappa shape index (κ2) is 4.97. The minimum Gasteiger partial charge on any atom is -0.390 e. The Morgan fingerprint density at radius 3 is 2.38 bits per heavy atom. The van der Waals surface area contributed by atoms with Crippen LogP contribution in [0.5, 0.6) is 0 Å². The van der Waals surface area contributed by atoms with Crippen LogP contribution in [0.2, 0.25) is 0 Å². The molecule has 4 aliphatic carbocycles. The van der Waals surface area contributed by atoms with Gasteiger partial charge in [-0.15, -0.1) is 0 Å². The first-order valence-electron chi connectivity index (χ1n) is 9.25. The highest BCUT2D eigenvalue weighted by Gasteiger charge is 2.63. The number of halogens is 1. The molecule has 0 bridgehead atoms. The number of aliphatic hydroxyl groups is 1. The van der Waals surface area contributed by atoms with Crippen molar-refractivity contribution in [3.8, 4) is 0 Å². The molecule has 120 valence electrons. The van der Waals surface area contributed by atoms with Crippen LogP contribution in [0, 0.1) is 40.9 Å². The van der Waals surface area contributed by atoms with E-state index in [0.717, 1.165) is 42.4 Å². The number of rotatable bonds is 2. The van der Waals surface area contributed by atoms with Crippen molar-refractivity contribution in [2.75, 3.05) is 5.33 Å². The summed E-state index contributed by atoms with van der Waals surface area (Å²) in [5, 5.41) is 11.7. The molecule has 1 N–H and O–H groups in total. The number of fused-ring (bicyclic) bond motifs is 5. The van der Waals surface area contributed by atoms with E-state index in [1.165, 1.54) is 43.9 Å². The van der Waals surface area contributed by atoms with E-state index in [0.29, 0.717) is 11.3 Å². The fourth-order valence-corrected chi connectivity index (χ4v) is 7.40. The third kappa shape index (κ3) is 2.26. The fraction of sp³-hybridized carbons (Fsp3) is 1.00. The lowest BCUT2D eigenvalue weighted by Gasteiger charge is -2.56. The van der Waals surface area contributed by atoms with Crippen LogP contribution < -0.4 is 0 Å². The summed E-state index contributed by atoms with van der Waals surface area (Å²) in [4.78, 5) is 0. The highest BCUT2D eigenvalue weighted by molar-refractivity contribution is 9.09. The van der Waals surface area contributed by atoms with Crippen LogP contribution in [0.15, 0.2) is 0 Å². The molecule has 1 nitrogen and oxygen atoms in total. The zero-order valence-corrected chi connectivity index (χ0v) is 15.2. The van der Waals surface area contributed by atoms with Crippen molar-refractivity contribution in [3.63, 3.8) is 0 Å². The van der Waals surface area contributed by atoms with Crippen molar-refractivity contribution in [2.24, 2.45) is 40.9 Å². The molecule has 4 rings (SSSR count). The molecule has 0 saturated heterocycles. The van der Waals surface area contributed by atoms with Crippen molar-refractivity contribution in [3.05, 3.63) is 0 Å². The maximum Gasteiger partial charge on any atom is 0.0683 e. The molecule has 0 radical (unpaired) electrons. The van der Waals surface area contributed by atoms with Crippen molar-refractivity contribution < 1.29 is 5.11 Å². The molecule has 2 heteroatoms. The lowest BCUT2D eigenvalue weighted by atomic mass is 9.50. The van der Waals surface area contributed by atoms with Crippen LogP contribution in [0.25, 0.3) is 0 Å². The van der Waals surface area contributed by atoms with Crippen LogP contribution in [0.4, 0.5) is 0 Å². The van der Waals surface area contributed by atoms with E-state index in [-0.39, 0.29) is 5.60 Å². The molecule has 4 fully saturated rings. The molecule has 0 aromatic rings. The second-order valence-electron chi connectivity index (χ2n) is 9.30. The summed E-state index contributed by atoms with van der Waals surface area (Å²) >= 11 is 3.71. The van der Waals surface area contributed by atoms with Crippen LogP contribution in [0.1, 0.15) is 65.2 Å². The van der Waals surface area contributed by atoms with Gasteiger partial charge in [0.1, 0.15) is 0 Å². The molecule has 0 aromatic heterocycles. The molecule has 0 spiro atoms. The predicted octanol–water partition coefficient (Wildman–Crippen LogP) is 5.01. The number of hydrogen-bond acceptors (Lipinski definition) is 1. The average molecular weight is 355 g/mol. The zero-order valence-electron chi connectivity index (χ0n) is 13.7. The van der Waals surface area contributed by atoms with Gasteiger partial charge in [0.2, 0.25) is 0 Å². The highest BCUT2D eigenvalue weighted by atomic mass is 79.9. The summed E-state index contributed by atoms with van der Waals surface area (Å²) < 4.78 is 0. The molecule has 0 aliphatic heterocycles. The second-order valence-corrected chi connectivity index (χ2v) is 10.1. The fourth-order valence-electron chi connectivity index (χ4n) is 6.91. The summed E-state index contributed by atoms with van der Waals surface area (Å²) in [5.74, 6) is 5.36. The maximum atomic E-state index is 10.5. The van der Waals surface area contributed by atoms with Crippen LogP contribution in [0.3, 0.4) is 0 Å². The average Bonchev–Trinajstić information content (AvgIpc) is 3.13. The quantitative estimate of drug-likeness (QED) is 0.690. The molecule has 0 aromatic carbocycles. The number of alkyl halides is 1. The van der Waals surface area contributed by atoms with Gasteiger partial charge in [-0.25, -0.2) is 0 Å². The van der Waals surface area contributed by atoms with E-state index in [1.807, 2.05) is 0 Å². The van der Waals surface area contributed by atoms with Gasteiger partial charge in [0.15, 0.2) is 0 Å². The minimum atomic E-state index is -0.211. The Morgan fingerprint density at radius 2 is 1.62 bits per heavy atom. The molecule has 7 atom stereocenters. The van der Waals surface area contributed by atoms with E-state index in [2.05, 4.69) is 29.8 Å². The summed E-state index contributed by atoms with van der Waals surface area (Å²) in [6.45, 7) is 5.03. The minimum absolute atomic E-state index is 0.211. The summed E-state index contributed by atoms with van der Waals surface area (Å²) in [6, 6.07) is 0. The predicted molar refractivity (Wildman–Crippen MR) is 90.4 cm³/mol. The topological polar surface area (TPSA) is 20.2 Å². The molecular weight excluding hydrogens is 324 g/mol. The molecular formula is C19H31BrO. The van der Waals surface area contributed by atoms with Crippen LogP contribution in [-0.4, -0.2) is 16.0 Å². The van der Waals surface area contributed by atoms with Crippen molar-refractivity contribution in [2.45, 2.75) is 70.8 Å². The van der Waals surface area contributed by atoms with Gasteiger partial charge in [-0.05, 0) is 92.3 Å². The SMILES string of the molecule is CC1(C)CC[C@@H]2[C@H]3CC[C@]4(O)CC4[C@@H]3CC[C@H]2[C@@H]1CCBr. The van der Waals surface area contributed by atoms with E-state index in [9.17, 15) is 5.11 Å². The third-order valence-corrected chi connectivity index (χ3v) is 8.53. The largest absolute Gasteiger partial charge is 0.390 e. The first-order valence-corrected chi connectivity index (χ1v) is 10.4. The van der Waals surface area contributed by atoms with Gasteiger partial charge in [-0.2, -0.15) is 0 Å². The van der Waals surface area contributed by atoms with Gasteiger partial charge in [-0.1, -0.05) is 29.8 Å². The lowest BCUT2D eigenvalue weighted by Crippen LogP contribution is -2.49. The maximum absolute atomic E-state index is 10.5. The normalized spacial score (nSPS) is 54.3. The smallest absolute Gasteiger partial charge is 0.0683 e. The molecule has 4 aliphatic rings. The first-order chi connectivity index (χ1) is 9.96. The molecule has 4 saturated carbocycles. The van der Waals surface area contributed by atoms with Gasteiger partial charge in [0.05, 0.1) is 5.60 Å². The van der Waals surface area contributed by atoms with E-state index in [4.69, 9.17) is 0 Å². The first kappa shape index (κ1) is 15.0. The summed E-state index contributed by atoms with van der Waals surface area (Å²) in [6.07, 6.45) is 10.6. The van der Waals surface area contributed by atoms with Crippen LogP contribution in [-0.2, 0) is 0 Å². The number of hydrogen-bond donors (Lipinski definition) is 1. The Balaban J connectivity index is 1.56. The van der Waals surface area contributed by atoms with Crippen molar-refractivity contribution in [1.82, 2.24) is 0 Å². The van der Waals surface area contributed by atoms with Gasteiger partial charge in [-0.3, -0.25) is 0 Å². The molecule has 1 unspecified atom stereocenters. The van der Waals surface area contributed by atoms with E-state index < -0.39 is 0 Å². The zero-order chi connectivity index (χ0) is 14.8. The van der Waals surface area contributed by atoms with Crippen molar-refractivity contribution in [1.29, 1.82) is 0 Å². The Bertz CT molecular complexity index is 420. The Hall–Kier alpha value is 0.440. The monoisotopic (exact) mass is 354 g/mol. The van der Waals surface area contributed by atoms with Gasteiger partial charge in [0.25, 0.3) is 0 Å². The van der Waals surface area contributed by atoms with Crippen molar-refractivity contribution >= 4 is 15.9 Å². The van der Waals surface area contributed by atoms with E-state index in [1.54, 1.807) is 0 Å². The molecule has 21 heavy (non-hydrogen) atoms. The Labute approximate surface area is 138 Å². The van der Waals surface area contributed by atoms with Gasteiger partial charge >= 0.3 is 0 Å². The summed E-state index contributed by atoms with van der Waals surface area (Å²) in [5.41, 5.74) is 0.327.